The number of nitrogens with zero attached hydrogens (tertiary/aromatic N) is 5. The van der Waals surface area contributed by atoms with Crippen molar-refractivity contribution in [3.63, 3.8) is 0 Å². The van der Waals surface area contributed by atoms with Crippen LogP contribution in [-0.4, -0.2) is 81.9 Å². The second-order valence-electron chi connectivity index (χ2n) is 11.7. The number of anilines is 1. The SMILES string of the molecule is CC(C)(C)OC(=O)N1CCCN(c2nccc(-c3n[nH]c4c3CCC43CCCCC34OCCO4)n2)CC1. The third kappa shape index (κ3) is 4.27. The van der Waals surface area contributed by atoms with Crippen LogP contribution in [0.5, 0.6) is 0 Å². The molecule has 2 saturated heterocycles. The molecule has 0 radical (unpaired) electrons. The summed E-state index contributed by atoms with van der Waals surface area (Å²) in [6.07, 6.45) is 8.62. The summed E-state index contributed by atoms with van der Waals surface area (Å²) in [5.41, 5.74) is 3.47. The number of ether oxygens (including phenoxy) is 3. The highest BCUT2D eigenvalue weighted by Gasteiger charge is 2.61. The Labute approximate surface area is 218 Å². The van der Waals surface area contributed by atoms with Gasteiger partial charge in [-0.15, -0.1) is 0 Å². The maximum absolute atomic E-state index is 12.6. The van der Waals surface area contributed by atoms with Crippen molar-refractivity contribution in [3.05, 3.63) is 23.5 Å². The fraction of sp³-hybridized carbons (Fsp3) is 0.704. The molecule has 3 fully saturated rings. The van der Waals surface area contributed by atoms with Gasteiger partial charge in [-0.3, -0.25) is 5.10 Å². The molecule has 1 atom stereocenters. The zero-order valence-electron chi connectivity index (χ0n) is 22.2. The lowest BCUT2D eigenvalue weighted by Gasteiger charge is -2.47. The predicted molar refractivity (Wildman–Crippen MR) is 137 cm³/mol. The first-order chi connectivity index (χ1) is 17.8. The van der Waals surface area contributed by atoms with E-state index in [-0.39, 0.29) is 11.5 Å². The summed E-state index contributed by atoms with van der Waals surface area (Å²) in [6.45, 7) is 9.67. The van der Waals surface area contributed by atoms with Crippen molar-refractivity contribution in [2.24, 2.45) is 0 Å². The Morgan fingerprint density at radius 1 is 1.05 bits per heavy atom. The summed E-state index contributed by atoms with van der Waals surface area (Å²) in [4.78, 5) is 26.0. The first-order valence-electron chi connectivity index (χ1n) is 13.7. The molecule has 0 aromatic carbocycles. The van der Waals surface area contributed by atoms with Crippen LogP contribution in [0.15, 0.2) is 12.3 Å². The topological polar surface area (TPSA) is 106 Å². The second-order valence-corrected chi connectivity index (χ2v) is 11.7. The van der Waals surface area contributed by atoms with E-state index in [1.54, 1.807) is 4.90 Å². The highest BCUT2D eigenvalue weighted by Crippen LogP contribution is 2.57. The van der Waals surface area contributed by atoms with Crippen LogP contribution < -0.4 is 4.90 Å². The van der Waals surface area contributed by atoms with E-state index in [0.717, 1.165) is 56.5 Å². The van der Waals surface area contributed by atoms with Gasteiger partial charge in [-0.25, -0.2) is 14.8 Å². The number of rotatable bonds is 2. The molecule has 1 unspecified atom stereocenters. The minimum absolute atomic E-state index is 0.159. The van der Waals surface area contributed by atoms with Crippen LogP contribution in [0.4, 0.5) is 10.7 Å². The molecular formula is C27H38N6O4. The van der Waals surface area contributed by atoms with Crippen molar-refractivity contribution in [2.75, 3.05) is 44.3 Å². The van der Waals surface area contributed by atoms with Crippen LogP contribution in [-0.2, 0) is 26.0 Å². The van der Waals surface area contributed by atoms with Gasteiger partial charge in [0.05, 0.1) is 30.0 Å². The summed E-state index contributed by atoms with van der Waals surface area (Å²) in [6, 6.07) is 1.94. The Morgan fingerprint density at radius 2 is 1.86 bits per heavy atom. The zero-order chi connectivity index (χ0) is 25.7. The first-order valence-corrected chi connectivity index (χ1v) is 13.7. The lowest BCUT2D eigenvalue weighted by molar-refractivity contribution is -0.227. The van der Waals surface area contributed by atoms with Crippen LogP contribution in [0.25, 0.3) is 11.4 Å². The van der Waals surface area contributed by atoms with E-state index in [9.17, 15) is 4.79 Å². The number of hydrogen-bond acceptors (Lipinski definition) is 8. The molecule has 1 N–H and O–H groups in total. The lowest BCUT2D eigenvalue weighted by atomic mass is 9.67. The van der Waals surface area contributed by atoms with Gasteiger partial charge in [0.1, 0.15) is 11.3 Å². The number of nitrogens with one attached hydrogen (secondary N) is 1. The monoisotopic (exact) mass is 510 g/mol. The van der Waals surface area contributed by atoms with E-state index in [0.29, 0.717) is 38.8 Å². The number of fused-ring (bicyclic) bond motifs is 3. The zero-order valence-corrected chi connectivity index (χ0v) is 22.2. The molecule has 2 spiro atoms. The molecule has 37 heavy (non-hydrogen) atoms. The van der Waals surface area contributed by atoms with E-state index in [1.165, 1.54) is 17.7 Å². The maximum atomic E-state index is 12.6. The van der Waals surface area contributed by atoms with Gasteiger partial charge in [-0.05, 0) is 58.9 Å². The molecule has 4 aliphatic rings. The Balaban J connectivity index is 1.22. The number of H-pyrrole nitrogens is 1. The molecule has 10 heteroatoms. The maximum Gasteiger partial charge on any atom is 0.410 e. The van der Waals surface area contributed by atoms with Crippen molar-refractivity contribution in [1.82, 2.24) is 25.1 Å². The van der Waals surface area contributed by atoms with Crippen molar-refractivity contribution in [1.29, 1.82) is 0 Å². The number of hydrogen-bond donors (Lipinski definition) is 1. The fourth-order valence-electron chi connectivity index (χ4n) is 6.66. The quantitative estimate of drug-likeness (QED) is 0.650. The lowest BCUT2D eigenvalue weighted by Crippen LogP contribution is -2.54. The van der Waals surface area contributed by atoms with E-state index < -0.39 is 11.4 Å². The molecular weight excluding hydrogens is 472 g/mol. The third-order valence-electron chi connectivity index (χ3n) is 8.31. The van der Waals surface area contributed by atoms with E-state index in [4.69, 9.17) is 24.3 Å². The Bertz CT molecular complexity index is 1150. The number of amides is 1. The molecule has 1 amide bonds. The number of aromatic nitrogens is 4. The van der Waals surface area contributed by atoms with Crippen molar-refractivity contribution in [3.8, 4) is 11.4 Å². The predicted octanol–water partition coefficient (Wildman–Crippen LogP) is 3.82. The number of carbonyl (C=O) groups excluding carboxylic acids is 1. The summed E-state index contributed by atoms with van der Waals surface area (Å²) < 4.78 is 18.2. The average molecular weight is 511 g/mol. The van der Waals surface area contributed by atoms with Crippen molar-refractivity contribution < 1.29 is 19.0 Å². The van der Waals surface area contributed by atoms with Gasteiger partial charge in [0.15, 0.2) is 5.79 Å². The molecule has 200 valence electrons. The minimum atomic E-state index is -0.525. The van der Waals surface area contributed by atoms with Gasteiger partial charge >= 0.3 is 6.09 Å². The molecule has 2 aromatic heterocycles. The van der Waals surface area contributed by atoms with Crippen LogP contribution in [0.3, 0.4) is 0 Å². The smallest absolute Gasteiger partial charge is 0.410 e. The van der Waals surface area contributed by atoms with Gasteiger partial charge in [-0.1, -0.05) is 6.42 Å². The standard InChI is InChI=1S/C27H38N6O4/c1-25(2,3)37-24(34)33-14-6-13-32(15-16-33)23-28-12-8-20(29-23)21-19-7-11-26(22(19)31-30-21)9-4-5-10-27(26)35-17-18-36-27/h8,12H,4-7,9-11,13-18H2,1-3H3,(H,30,31). The minimum Gasteiger partial charge on any atom is -0.444 e. The van der Waals surface area contributed by atoms with Gasteiger partial charge in [0.25, 0.3) is 0 Å². The van der Waals surface area contributed by atoms with Gasteiger partial charge < -0.3 is 24.0 Å². The van der Waals surface area contributed by atoms with Crippen molar-refractivity contribution >= 4 is 12.0 Å². The Kier molecular flexibility index (Phi) is 6.14. The first kappa shape index (κ1) is 24.6. The van der Waals surface area contributed by atoms with E-state index in [2.05, 4.69) is 15.0 Å². The highest BCUT2D eigenvalue weighted by molar-refractivity contribution is 5.68. The van der Waals surface area contributed by atoms with E-state index >= 15 is 0 Å². The molecule has 4 heterocycles. The molecule has 1 saturated carbocycles. The molecule has 6 rings (SSSR count). The van der Waals surface area contributed by atoms with Gasteiger partial charge in [0.2, 0.25) is 5.95 Å². The summed E-state index contributed by atoms with van der Waals surface area (Å²) in [7, 11) is 0. The average Bonchev–Trinajstić information content (AvgIpc) is 3.54. The Hall–Kier alpha value is -2.72. The van der Waals surface area contributed by atoms with Crippen LogP contribution in [0.2, 0.25) is 0 Å². The van der Waals surface area contributed by atoms with Crippen molar-refractivity contribution in [2.45, 2.75) is 82.5 Å². The molecule has 2 aliphatic carbocycles. The molecule has 2 aromatic rings. The normalized spacial score (nSPS) is 25.5. The second kappa shape index (κ2) is 9.23. The number of carbonyl (C=O) groups is 1. The molecule has 10 nitrogen and oxygen atoms in total. The third-order valence-corrected chi connectivity index (χ3v) is 8.31. The molecule has 0 bridgehead atoms. The van der Waals surface area contributed by atoms with Crippen LogP contribution >= 0.6 is 0 Å². The number of aromatic amines is 1. The fourth-order valence-corrected chi connectivity index (χ4v) is 6.66. The van der Waals surface area contributed by atoms with Gasteiger partial charge in [0, 0.05) is 44.4 Å². The van der Waals surface area contributed by atoms with Gasteiger partial charge in [-0.2, -0.15) is 5.10 Å². The van der Waals surface area contributed by atoms with E-state index in [1.807, 2.05) is 33.0 Å². The highest BCUT2D eigenvalue weighted by atomic mass is 16.7. The summed E-state index contributed by atoms with van der Waals surface area (Å²) >= 11 is 0. The summed E-state index contributed by atoms with van der Waals surface area (Å²) in [5, 5.41) is 8.17. The largest absolute Gasteiger partial charge is 0.444 e. The molecule has 2 aliphatic heterocycles. The summed E-state index contributed by atoms with van der Waals surface area (Å²) in [5.74, 6) is 0.146. The van der Waals surface area contributed by atoms with Crippen LogP contribution in [0, 0.1) is 0 Å². The van der Waals surface area contributed by atoms with Crippen LogP contribution in [0.1, 0.15) is 70.6 Å². The Morgan fingerprint density at radius 3 is 2.68 bits per heavy atom.